The normalized spacial score (nSPS) is 10.8. The molecule has 0 aliphatic rings. The maximum absolute atomic E-state index is 11.4. The molecule has 0 fully saturated rings. The lowest BCUT2D eigenvalue weighted by Gasteiger charge is -2.03. The first-order valence-electron chi connectivity index (χ1n) is 7.76. The second-order valence-electron chi connectivity index (χ2n) is 5.50. The molecular weight excluding hydrogens is 350 g/mol. The molecule has 7 nitrogen and oxygen atoms in total. The van der Waals surface area contributed by atoms with Gasteiger partial charge in [0, 0.05) is 30.4 Å². The van der Waals surface area contributed by atoms with E-state index in [0.29, 0.717) is 0 Å². The van der Waals surface area contributed by atoms with Gasteiger partial charge in [0.25, 0.3) is 0 Å². The number of rotatable bonds is 4. The fourth-order valence-electron chi connectivity index (χ4n) is 2.56. The summed E-state index contributed by atoms with van der Waals surface area (Å²) in [4.78, 5) is 25.2. The largest absolute Gasteiger partial charge is 0.478 e. The summed E-state index contributed by atoms with van der Waals surface area (Å²) in [5, 5.41) is 14.7. The average Bonchev–Trinajstić information content (AvgIpc) is 3.29. The third-order valence-corrected chi connectivity index (χ3v) is 4.99. The maximum atomic E-state index is 11.4. The van der Waals surface area contributed by atoms with Crippen LogP contribution >= 0.6 is 11.3 Å². The van der Waals surface area contributed by atoms with Crippen LogP contribution in [0.25, 0.3) is 27.0 Å². The molecule has 0 spiro atoms. The number of aryl methyl sites for hydroxylation is 1. The number of aromatic carboxylic acids is 1. The van der Waals surface area contributed by atoms with Crippen LogP contribution in [0.3, 0.4) is 0 Å². The Kier molecular flexibility index (Phi) is 4.02. The van der Waals surface area contributed by atoms with Crippen LogP contribution in [-0.4, -0.2) is 35.8 Å². The van der Waals surface area contributed by atoms with E-state index >= 15 is 0 Å². The van der Waals surface area contributed by atoms with Gasteiger partial charge in [0.15, 0.2) is 5.82 Å². The first-order valence-corrected chi connectivity index (χ1v) is 8.57. The van der Waals surface area contributed by atoms with Gasteiger partial charge in [-0.05, 0) is 37.3 Å². The van der Waals surface area contributed by atoms with Crippen molar-refractivity contribution < 1.29 is 9.90 Å². The number of carboxylic acid groups (broad SMARTS) is 1. The standard InChI is InChI=1S/C18H13N5O2S/c1-11-15(26-17(21-11)12-4-2-7-19-10-12)14-6-9-23(22-14)16-13(18(24)25)5-3-8-20-16/h2-10H,1H3,(H,24,25). The van der Waals surface area contributed by atoms with Crippen LogP contribution in [0, 0.1) is 6.92 Å². The highest BCUT2D eigenvalue weighted by Gasteiger charge is 2.17. The first-order chi connectivity index (χ1) is 12.6. The van der Waals surface area contributed by atoms with Crippen LogP contribution in [0.15, 0.2) is 55.1 Å². The molecule has 1 N–H and O–H groups in total. The van der Waals surface area contributed by atoms with Gasteiger partial charge in [-0.15, -0.1) is 11.3 Å². The highest BCUT2D eigenvalue weighted by Crippen LogP contribution is 2.34. The Balaban J connectivity index is 1.74. The van der Waals surface area contributed by atoms with E-state index in [0.717, 1.165) is 26.8 Å². The van der Waals surface area contributed by atoms with Crippen molar-refractivity contribution in [1.29, 1.82) is 0 Å². The maximum Gasteiger partial charge on any atom is 0.339 e. The summed E-state index contributed by atoms with van der Waals surface area (Å²) >= 11 is 1.52. The van der Waals surface area contributed by atoms with Crippen LogP contribution in [0.2, 0.25) is 0 Å². The Hall–Kier alpha value is -3.39. The Bertz CT molecular complexity index is 1090. The topological polar surface area (TPSA) is 93.8 Å². The summed E-state index contributed by atoms with van der Waals surface area (Å²) in [5.74, 6) is -0.765. The van der Waals surface area contributed by atoms with Gasteiger partial charge < -0.3 is 5.11 Å². The van der Waals surface area contributed by atoms with Crippen molar-refractivity contribution in [3.8, 4) is 27.0 Å². The van der Waals surface area contributed by atoms with Crippen LogP contribution in [0.1, 0.15) is 16.1 Å². The lowest BCUT2D eigenvalue weighted by Crippen LogP contribution is -2.07. The van der Waals surface area contributed by atoms with Gasteiger partial charge in [0.2, 0.25) is 0 Å². The van der Waals surface area contributed by atoms with E-state index in [9.17, 15) is 9.90 Å². The number of nitrogens with zero attached hydrogens (tertiary/aromatic N) is 5. The monoisotopic (exact) mass is 363 g/mol. The predicted molar refractivity (Wildman–Crippen MR) is 97.4 cm³/mol. The molecule has 0 aliphatic heterocycles. The first kappa shape index (κ1) is 16.1. The van der Waals surface area contributed by atoms with E-state index in [2.05, 4.69) is 20.1 Å². The highest BCUT2D eigenvalue weighted by atomic mass is 32.1. The minimum Gasteiger partial charge on any atom is -0.478 e. The number of carbonyl (C=O) groups is 1. The zero-order chi connectivity index (χ0) is 18.1. The molecule has 0 aliphatic carbocycles. The lowest BCUT2D eigenvalue weighted by molar-refractivity contribution is 0.0696. The lowest BCUT2D eigenvalue weighted by atomic mass is 10.2. The van der Waals surface area contributed by atoms with Crippen molar-refractivity contribution in [2.24, 2.45) is 0 Å². The summed E-state index contributed by atoms with van der Waals surface area (Å²) < 4.78 is 1.47. The molecule has 0 saturated carbocycles. The van der Waals surface area contributed by atoms with Crippen molar-refractivity contribution in [3.05, 3.63) is 66.4 Å². The van der Waals surface area contributed by atoms with Crippen LogP contribution in [0.4, 0.5) is 0 Å². The van der Waals surface area contributed by atoms with Gasteiger partial charge in [-0.25, -0.2) is 19.4 Å². The number of aromatic nitrogens is 5. The number of thiazole rings is 1. The molecule has 0 unspecified atom stereocenters. The molecule has 0 amide bonds. The third-order valence-electron chi connectivity index (χ3n) is 3.76. The summed E-state index contributed by atoms with van der Waals surface area (Å²) in [6.45, 7) is 1.92. The number of pyridine rings is 2. The third kappa shape index (κ3) is 2.86. The second-order valence-corrected chi connectivity index (χ2v) is 6.50. The fourth-order valence-corrected chi connectivity index (χ4v) is 3.58. The van der Waals surface area contributed by atoms with Crippen molar-refractivity contribution in [1.82, 2.24) is 24.7 Å². The summed E-state index contributed by atoms with van der Waals surface area (Å²) in [5.41, 5.74) is 2.62. The van der Waals surface area contributed by atoms with E-state index in [-0.39, 0.29) is 11.4 Å². The van der Waals surface area contributed by atoms with E-state index in [4.69, 9.17) is 0 Å². The summed E-state index contributed by atoms with van der Waals surface area (Å²) in [7, 11) is 0. The van der Waals surface area contributed by atoms with Crippen molar-refractivity contribution in [3.63, 3.8) is 0 Å². The van der Waals surface area contributed by atoms with E-state index < -0.39 is 5.97 Å². The molecule has 128 valence electrons. The minimum atomic E-state index is -1.04. The minimum absolute atomic E-state index is 0.0965. The van der Waals surface area contributed by atoms with E-state index in [1.165, 1.54) is 22.1 Å². The Morgan fingerprint density at radius 2 is 2.04 bits per heavy atom. The number of hydrogen-bond acceptors (Lipinski definition) is 6. The van der Waals surface area contributed by atoms with Gasteiger partial charge >= 0.3 is 5.97 Å². The average molecular weight is 363 g/mol. The molecule has 4 aromatic rings. The van der Waals surface area contributed by atoms with E-state index in [1.807, 2.05) is 25.1 Å². The number of hydrogen-bond donors (Lipinski definition) is 1. The molecular formula is C18H13N5O2S. The second kappa shape index (κ2) is 6.49. The molecule has 0 radical (unpaired) electrons. The Morgan fingerprint density at radius 1 is 1.19 bits per heavy atom. The molecule has 0 aromatic carbocycles. The number of carboxylic acids is 1. The van der Waals surface area contributed by atoms with Crippen molar-refractivity contribution >= 4 is 17.3 Å². The molecule has 0 bridgehead atoms. The molecule has 0 atom stereocenters. The van der Waals surface area contributed by atoms with Gasteiger partial charge in [0.05, 0.1) is 10.6 Å². The Morgan fingerprint density at radius 3 is 2.81 bits per heavy atom. The van der Waals surface area contributed by atoms with Crippen LogP contribution in [-0.2, 0) is 0 Å². The Labute approximate surface area is 152 Å². The van der Waals surface area contributed by atoms with Gasteiger partial charge in [-0.1, -0.05) is 0 Å². The van der Waals surface area contributed by atoms with E-state index in [1.54, 1.807) is 30.9 Å². The molecule has 26 heavy (non-hydrogen) atoms. The van der Waals surface area contributed by atoms with Gasteiger partial charge in [-0.3, -0.25) is 4.98 Å². The molecule has 4 rings (SSSR count). The SMILES string of the molecule is Cc1nc(-c2cccnc2)sc1-c1ccn(-c2ncccc2C(=O)O)n1. The van der Waals surface area contributed by atoms with Gasteiger partial charge in [0.1, 0.15) is 16.3 Å². The van der Waals surface area contributed by atoms with Crippen molar-refractivity contribution in [2.75, 3.05) is 0 Å². The van der Waals surface area contributed by atoms with Gasteiger partial charge in [-0.2, -0.15) is 5.10 Å². The van der Waals surface area contributed by atoms with Crippen LogP contribution < -0.4 is 0 Å². The molecule has 8 heteroatoms. The zero-order valence-electron chi connectivity index (χ0n) is 13.7. The van der Waals surface area contributed by atoms with Crippen molar-refractivity contribution in [2.45, 2.75) is 6.92 Å². The summed E-state index contributed by atoms with van der Waals surface area (Å²) in [6, 6.07) is 8.75. The molecule has 4 heterocycles. The summed E-state index contributed by atoms with van der Waals surface area (Å²) in [6.07, 6.45) is 6.74. The quantitative estimate of drug-likeness (QED) is 0.597. The highest BCUT2D eigenvalue weighted by molar-refractivity contribution is 7.18. The predicted octanol–water partition coefficient (Wildman–Crippen LogP) is 3.46. The molecule has 0 saturated heterocycles. The van der Waals surface area contributed by atoms with Crippen LogP contribution in [0.5, 0.6) is 0 Å². The molecule has 4 aromatic heterocycles. The fraction of sp³-hybridized carbons (Fsp3) is 0.0556. The zero-order valence-corrected chi connectivity index (χ0v) is 14.5. The smallest absolute Gasteiger partial charge is 0.339 e.